The van der Waals surface area contributed by atoms with Crippen LogP contribution in [0, 0.1) is 6.92 Å². The van der Waals surface area contributed by atoms with E-state index in [4.69, 9.17) is 5.73 Å². The minimum Gasteiger partial charge on any atom is -0.326 e. The van der Waals surface area contributed by atoms with Crippen LogP contribution in [-0.4, -0.2) is 20.4 Å². The molecule has 0 fully saturated rings. The summed E-state index contributed by atoms with van der Waals surface area (Å²) in [6, 6.07) is 3.81. The topological polar surface area (TPSA) is 80.5 Å². The molecular formula is C9H11N5. The normalized spacial score (nSPS) is 10.4. The van der Waals surface area contributed by atoms with Gasteiger partial charge in [-0.3, -0.25) is 5.10 Å². The van der Waals surface area contributed by atoms with Gasteiger partial charge in [-0.1, -0.05) is 0 Å². The molecule has 0 atom stereocenters. The van der Waals surface area contributed by atoms with Gasteiger partial charge in [-0.05, 0) is 24.6 Å². The highest BCUT2D eigenvalue weighted by molar-refractivity contribution is 5.54. The Balaban J connectivity index is 2.41. The smallest absolute Gasteiger partial charge is 0.114 e. The Morgan fingerprint density at radius 1 is 1.36 bits per heavy atom. The first-order chi connectivity index (χ1) is 6.79. The number of aryl methyl sites for hydroxylation is 1. The maximum Gasteiger partial charge on any atom is 0.114 e. The molecule has 0 saturated heterocycles. The molecule has 0 aliphatic rings. The van der Waals surface area contributed by atoms with Crippen LogP contribution in [-0.2, 0) is 6.54 Å². The summed E-state index contributed by atoms with van der Waals surface area (Å²) >= 11 is 0. The van der Waals surface area contributed by atoms with Crippen LogP contribution in [0.5, 0.6) is 0 Å². The number of aromatic amines is 1. The van der Waals surface area contributed by atoms with Crippen molar-refractivity contribution in [1.82, 2.24) is 20.4 Å². The van der Waals surface area contributed by atoms with Crippen LogP contribution in [0.4, 0.5) is 0 Å². The summed E-state index contributed by atoms with van der Waals surface area (Å²) in [5, 5.41) is 14.8. The van der Waals surface area contributed by atoms with Crippen molar-refractivity contribution in [3.05, 3.63) is 29.6 Å². The molecule has 0 aliphatic heterocycles. The number of hydrogen-bond acceptors (Lipinski definition) is 4. The van der Waals surface area contributed by atoms with Crippen molar-refractivity contribution in [2.75, 3.05) is 0 Å². The number of nitrogens with zero attached hydrogens (tertiary/aromatic N) is 3. The highest BCUT2D eigenvalue weighted by Gasteiger charge is 2.04. The van der Waals surface area contributed by atoms with Gasteiger partial charge in [0.05, 0.1) is 6.20 Å². The van der Waals surface area contributed by atoms with Gasteiger partial charge in [0.1, 0.15) is 11.4 Å². The molecule has 0 radical (unpaired) electrons. The first-order valence-corrected chi connectivity index (χ1v) is 4.33. The van der Waals surface area contributed by atoms with E-state index in [1.54, 1.807) is 6.20 Å². The lowest BCUT2D eigenvalue weighted by Crippen LogP contribution is -1.99. The van der Waals surface area contributed by atoms with Crippen LogP contribution in [0.2, 0.25) is 0 Å². The van der Waals surface area contributed by atoms with E-state index < -0.39 is 0 Å². The standard InChI is InChI=1S/C9H11N5/c1-6-2-8(14-12-6)9-3-7(4-10)5-11-13-9/h2-3,5H,4,10H2,1H3,(H,12,14). The lowest BCUT2D eigenvalue weighted by Gasteiger charge is -1.97. The van der Waals surface area contributed by atoms with Crippen LogP contribution in [0.3, 0.4) is 0 Å². The minimum atomic E-state index is 0.464. The molecule has 0 amide bonds. The third-order valence-electron chi connectivity index (χ3n) is 1.92. The van der Waals surface area contributed by atoms with Crippen LogP contribution in [0.25, 0.3) is 11.4 Å². The van der Waals surface area contributed by atoms with Crippen LogP contribution in [0.15, 0.2) is 18.3 Å². The summed E-state index contributed by atoms with van der Waals surface area (Å²) in [5.41, 5.74) is 9.00. The molecule has 0 unspecified atom stereocenters. The summed E-state index contributed by atoms with van der Waals surface area (Å²) in [4.78, 5) is 0. The Kier molecular flexibility index (Phi) is 2.24. The fraction of sp³-hybridized carbons (Fsp3) is 0.222. The molecule has 5 heteroatoms. The maximum atomic E-state index is 5.51. The fourth-order valence-corrected chi connectivity index (χ4v) is 1.19. The lowest BCUT2D eigenvalue weighted by atomic mass is 10.2. The van der Waals surface area contributed by atoms with Crippen LogP contribution >= 0.6 is 0 Å². The summed E-state index contributed by atoms with van der Waals surface area (Å²) in [7, 11) is 0. The Hall–Kier alpha value is -1.75. The maximum absolute atomic E-state index is 5.51. The molecule has 2 rings (SSSR count). The Labute approximate surface area is 81.4 Å². The van der Waals surface area contributed by atoms with Gasteiger partial charge in [0, 0.05) is 12.2 Å². The highest BCUT2D eigenvalue weighted by Crippen LogP contribution is 2.14. The van der Waals surface area contributed by atoms with Gasteiger partial charge in [0.2, 0.25) is 0 Å². The van der Waals surface area contributed by atoms with Crippen molar-refractivity contribution in [2.45, 2.75) is 13.5 Å². The van der Waals surface area contributed by atoms with Gasteiger partial charge in [-0.2, -0.15) is 10.2 Å². The predicted molar refractivity (Wildman–Crippen MR) is 52.2 cm³/mol. The van der Waals surface area contributed by atoms with Gasteiger partial charge in [0.15, 0.2) is 0 Å². The van der Waals surface area contributed by atoms with E-state index >= 15 is 0 Å². The van der Waals surface area contributed by atoms with E-state index in [2.05, 4.69) is 20.4 Å². The van der Waals surface area contributed by atoms with Crippen molar-refractivity contribution in [1.29, 1.82) is 0 Å². The van der Waals surface area contributed by atoms with Crippen LogP contribution in [0.1, 0.15) is 11.3 Å². The van der Waals surface area contributed by atoms with E-state index in [-0.39, 0.29) is 0 Å². The lowest BCUT2D eigenvalue weighted by molar-refractivity contribution is 0.961. The van der Waals surface area contributed by atoms with Crippen molar-refractivity contribution in [2.24, 2.45) is 5.73 Å². The van der Waals surface area contributed by atoms with Gasteiger partial charge in [-0.15, -0.1) is 5.10 Å². The van der Waals surface area contributed by atoms with E-state index in [0.29, 0.717) is 6.54 Å². The zero-order chi connectivity index (χ0) is 9.97. The molecule has 0 aromatic carbocycles. The molecule has 0 saturated carbocycles. The second-order valence-electron chi connectivity index (χ2n) is 3.09. The average molecular weight is 189 g/mol. The Morgan fingerprint density at radius 3 is 2.86 bits per heavy atom. The number of nitrogens with one attached hydrogen (secondary N) is 1. The van der Waals surface area contributed by atoms with E-state index in [0.717, 1.165) is 22.6 Å². The molecule has 0 bridgehead atoms. The third-order valence-corrected chi connectivity index (χ3v) is 1.92. The summed E-state index contributed by atoms with van der Waals surface area (Å²) in [6.45, 7) is 2.41. The molecule has 2 heterocycles. The van der Waals surface area contributed by atoms with Crippen molar-refractivity contribution >= 4 is 0 Å². The zero-order valence-corrected chi connectivity index (χ0v) is 7.86. The molecule has 2 aromatic rings. The van der Waals surface area contributed by atoms with Crippen molar-refractivity contribution in [3.63, 3.8) is 0 Å². The number of rotatable bonds is 2. The minimum absolute atomic E-state index is 0.464. The molecule has 0 aliphatic carbocycles. The second-order valence-corrected chi connectivity index (χ2v) is 3.09. The van der Waals surface area contributed by atoms with E-state index in [1.165, 1.54) is 0 Å². The summed E-state index contributed by atoms with van der Waals surface area (Å²) < 4.78 is 0. The number of nitrogens with two attached hydrogens (primary N) is 1. The quantitative estimate of drug-likeness (QED) is 0.726. The van der Waals surface area contributed by atoms with Crippen LogP contribution < -0.4 is 5.73 Å². The molecular weight excluding hydrogens is 178 g/mol. The first kappa shape index (κ1) is 8.83. The molecule has 72 valence electrons. The Morgan fingerprint density at radius 2 is 2.21 bits per heavy atom. The average Bonchev–Trinajstić information content (AvgIpc) is 2.65. The molecule has 0 spiro atoms. The predicted octanol–water partition coefficient (Wildman–Crippen LogP) is 0.634. The molecule has 2 aromatic heterocycles. The highest BCUT2D eigenvalue weighted by atomic mass is 15.1. The fourth-order valence-electron chi connectivity index (χ4n) is 1.19. The summed E-state index contributed by atoms with van der Waals surface area (Å²) in [5.74, 6) is 0. The van der Waals surface area contributed by atoms with Gasteiger partial charge < -0.3 is 5.73 Å². The monoisotopic (exact) mass is 189 g/mol. The number of aromatic nitrogens is 4. The Bertz CT molecular complexity index is 434. The SMILES string of the molecule is Cc1cc(-c2cc(CN)cnn2)n[nH]1. The molecule has 3 N–H and O–H groups in total. The number of H-pyrrole nitrogens is 1. The van der Waals surface area contributed by atoms with E-state index in [1.807, 2.05) is 19.1 Å². The number of hydrogen-bond donors (Lipinski definition) is 2. The van der Waals surface area contributed by atoms with Gasteiger partial charge in [0.25, 0.3) is 0 Å². The van der Waals surface area contributed by atoms with Crippen molar-refractivity contribution < 1.29 is 0 Å². The largest absolute Gasteiger partial charge is 0.326 e. The first-order valence-electron chi connectivity index (χ1n) is 4.33. The second kappa shape index (κ2) is 3.55. The summed E-state index contributed by atoms with van der Waals surface area (Å²) in [6.07, 6.45) is 1.66. The third kappa shape index (κ3) is 1.62. The molecule has 14 heavy (non-hydrogen) atoms. The molecule has 5 nitrogen and oxygen atoms in total. The van der Waals surface area contributed by atoms with E-state index in [9.17, 15) is 0 Å². The zero-order valence-electron chi connectivity index (χ0n) is 7.86. The van der Waals surface area contributed by atoms with Gasteiger partial charge >= 0.3 is 0 Å². The van der Waals surface area contributed by atoms with Crippen molar-refractivity contribution in [3.8, 4) is 11.4 Å². The van der Waals surface area contributed by atoms with Gasteiger partial charge in [-0.25, -0.2) is 0 Å².